The summed E-state index contributed by atoms with van der Waals surface area (Å²) >= 11 is 7.42. The van der Waals surface area contributed by atoms with Crippen LogP contribution in [0.5, 0.6) is 0 Å². The minimum atomic E-state index is -0.919. The Kier molecular flexibility index (Phi) is 8.58. The molecule has 29 heavy (non-hydrogen) atoms. The van der Waals surface area contributed by atoms with Gasteiger partial charge < -0.3 is 19.8 Å². The minimum absolute atomic E-state index is 0.0717. The van der Waals surface area contributed by atoms with E-state index >= 15 is 0 Å². The molecule has 1 aromatic heterocycles. The number of nitrogens with zero attached hydrogens (tertiary/aromatic N) is 1. The Morgan fingerprint density at radius 1 is 1.34 bits per heavy atom. The number of hydrogen-bond acceptors (Lipinski definition) is 7. The maximum Gasteiger partial charge on any atom is 0.329 e. The van der Waals surface area contributed by atoms with Crippen molar-refractivity contribution < 1.29 is 23.5 Å². The van der Waals surface area contributed by atoms with E-state index < -0.39 is 30.4 Å². The number of carbonyl (C=O) groups excluding carboxylic acids is 3. The first kappa shape index (κ1) is 22.3. The van der Waals surface area contributed by atoms with Crippen molar-refractivity contribution in [3.8, 4) is 6.07 Å². The van der Waals surface area contributed by atoms with Gasteiger partial charge in [-0.05, 0) is 48.8 Å². The van der Waals surface area contributed by atoms with E-state index in [1.807, 2.05) is 12.3 Å². The highest BCUT2D eigenvalue weighted by Crippen LogP contribution is 2.20. The fourth-order valence-corrected chi connectivity index (χ4v) is 2.93. The maximum atomic E-state index is 12.3. The number of esters is 1. The first-order valence-corrected chi connectivity index (χ1v) is 10.2. The molecule has 2 amide bonds. The molecule has 0 bridgehead atoms. The second-order valence-corrected chi connectivity index (χ2v) is 7.14. The molecule has 0 saturated carbocycles. The van der Waals surface area contributed by atoms with Crippen molar-refractivity contribution in [2.24, 2.45) is 0 Å². The Balaban J connectivity index is 1.90. The van der Waals surface area contributed by atoms with Crippen LogP contribution in [-0.2, 0) is 14.3 Å². The molecule has 2 N–H and O–H groups in total. The summed E-state index contributed by atoms with van der Waals surface area (Å²) in [7, 11) is 0. The van der Waals surface area contributed by atoms with Crippen molar-refractivity contribution in [2.75, 3.05) is 23.9 Å². The van der Waals surface area contributed by atoms with Gasteiger partial charge in [-0.3, -0.25) is 9.59 Å². The summed E-state index contributed by atoms with van der Waals surface area (Å²) < 4.78 is 10.0. The highest BCUT2D eigenvalue weighted by Gasteiger charge is 2.24. The average molecular weight is 436 g/mol. The van der Waals surface area contributed by atoms with Crippen LogP contribution in [-0.4, -0.2) is 42.4 Å². The smallest absolute Gasteiger partial charge is 0.329 e. The summed E-state index contributed by atoms with van der Waals surface area (Å²) in [6.07, 6.45) is 3.55. The van der Waals surface area contributed by atoms with E-state index in [-0.39, 0.29) is 16.3 Å². The maximum absolute atomic E-state index is 12.3. The number of hydrogen-bond donors (Lipinski definition) is 2. The molecular weight excluding hydrogens is 418 g/mol. The van der Waals surface area contributed by atoms with Crippen LogP contribution in [0.2, 0.25) is 5.02 Å². The second kappa shape index (κ2) is 11.1. The number of rotatable bonds is 9. The number of halogens is 1. The van der Waals surface area contributed by atoms with E-state index in [4.69, 9.17) is 26.0 Å². The molecule has 8 nitrogen and oxygen atoms in total. The van der Waals surface area contributed by atoms with Gasteiger partial charge in [0.15, 0.2) is 12.4 Å². The van der Waals surface area contributed by atoms with Crippen LogP contribution in [0.3, 0.4) is 0 Å². The van der Waals surface area contributed by atoms with Crippen LogP contribution in [0.25, 0.3) is 0 Å². The first-order valence-electron chi connectivity index (χ1n) is 8.44. The van der Waals surface area contributed by atoms with Gasteiger partial charge in [-0.25, -0.2) is 4.79 Å². The lowest BCUT2D eigenvalue weighted by atomic mass is 10.2. The number of furan rings is 1. The van der Waals surface area contributed by atoms with Crippen molar-refractivity contribution in [3.05, 3.63) is 52.9 Å². The Morgan fingerprint density at radius 2 is 2.14 bits per heavy atom. The molecule has 0 radical (unpaired) electrons. The largest absolute Gasteiger partial charge is 0.459 e. The summed E-state index contributed by atoms with van der Waals surface area (Å²) in [4.78, 5) is 36.5. The van der Waals surface area contributed by atoms with Crippen molar-refractivity contribution >= 4 is 46.8 Å². The normalized spacial score (nSPS) is 11.2. The molecule has 0 saturated heterocycles. The predicted octanol–water partition coefficient (Wildman–Crippen LogP) is 2.84. The van der Waals surface area contributed by atoms with Crippen molar-refractivity contribution in [2.45, 2.75) is 12.5 Å². The molecule has 0 fully saturated rings. The monoisotopic (exact) mass is 435 g/mol. The van der Waals surface area contributed by atoms with Crippen molar-refractivity contribution in [1.82, 2.24) is 5.32 Å². The van der Waals surface area contributed by atoms with Crippen LogP contribution in [0.15, 0.2) is 41.0 Å². The third kappa shape index (κ3) is 6.85. The summed E-state index contributed by atoms with van der Waals surface area (Å²) in [5, 5.41) is 14.1. The van der Waals surface area contributed by atoms with Crippen molar-refractivity contribution in [1.29, 1.82) is 5.26 Å². The summed E-state index contributed by atoms with van der Waals surface area (Å²) in [5.41, 5.74) is 0.639. The van der Waals surface area contributed by atoms with Crippen LogP contribution in [0, 0.1) is 11.3 Å². The molecule has 0 spiro atoms. The van der Waals surface area contributed by atoms with Gasteiger partial charge in [0, 0.05) is 5.69 Å². The molecule has 1 atom stereocenters. The molecule has 0 aliphatic heterocycles. The van der Waals surface area contributed by atoms with Gasteiger partial charge in [0.2, 0.25) is 0 Å². The SMILES string of the molecule is CSCCC(NC(=O)c1ccco1)C(=O)OCC(=O)Nc1ccc(C#N)c(Cl)c1. The van der Waals surface area contributed by atoms with Gasteiger partial charge in [-0.2, -0.15) is 17.0 Å². The number of ether oxygens (including phenoxy) is 1. The van der Waals surface area contributed by atoms with Gasteiger partial charge in [0.05, 0.1) is 16.8 Å². The minimum Gasteiger partial charge on any atom is -0.459 e. The van der Waals surface area contributed by atoms with Gasteiger partial charge in [-0.15, -0.1) is 0 Å². The second-order valence-electron chi connectivity index (χ2n) is 5.75. The number of anilines is 1. The zero-order valence-corrected chi connectivity index (χ0v) is 17.0. The molecule has 1 aromatic carbocycles. The number of carbonyl (C=O) groups is 3. The number of nitrogens with one attached hydrogen (secondary N) is 2. The van der Waals surface area contributed by atoms with Crippen molar-refractivity contribution in [3.63, 3.8) is 0 Å². The number of nitriles is 1. The molecule has 1 unspecified atom stereocenters. The topological polar surface area (TPSA) is 121 Å². The molecule has 0 aliphatic rings. The van der Waals surface area contributed by atoms with Crippen LogP contribution in [0.1, 0.15) is 22.5 Å². The number of amides is 2. The van der Waals surface area contributed by atoms with Gasteiger partial charge in [0.1, 0.15) is 12.1 Å². The lowest BCUT2D eigenvalue weighted by Gasteiger charge is -2.16. The zero-order chi connectivity index (χ0) is 21.2. The van der Waals surface area contributed by atoms with E-state index in [1.54, 1.807) is 6.07 Å². The highest BCUT2D eigenvalue weighted by molar-refractivity contribution is 7.98. The molecule has 2 aromatic rings. The molecule has 1 heterocycles. The lowest BCUT2D eigenvalue weighted by molar-refractivity contribution is -0.149. The third-order valence-corrected chi connectivity index (χ3v) is 4.62. The fraction of sp³-hybridized carbons (Fsp3) is 0.263. The molecular formula is C19H18ClN3O5S. The predicted molar refractivity (Wildman–Crippen MR) is 109 cm³/mol. The average Bonchev–Trinajstić information content (AvgIpc) is 3.24. The van der Waals surface area contributed by atoms with Crippen LogP contribution < -0.4 is 10.6 Å². The number of thioether (sulfide) groups is 1. The molecule has 10 heteroatoms. The first-order chi connectivity index (χ1) is 13.9. The lowest BCUT2D eigenvalue weighted by Crippen LogP contribution is -2.43. The Bertz CT molecular complexity index is 911. The highest BCUT2D eigenvalue weighted by atomic mass is 35.5. The number of benzene rings is 1. The van der Waals surface area contributed by atoms with E-state index in [9.17, 15) is 14.4 Å². The molecule has 152 valence electrons. The summed E-state index contributed by atoms with van der Waals surface area (Å²) in [6.45, 7) is -0.539. The van der Waals surface area contributed by atoms with Gasteiger partial charge in [0.25, 0.3) is 11.8 Å². The Morgan fingerprint density at radius 3 is 2.76 bits per heavy atom. The van der Waals surface area contributed by atoms with Crippen LogP contribution >= 0.6 is 23.4 Å². The third-order valence-electron chi connectivity index (χ3n) is 3.66. The van der Waals surface area contributed by atoms with Gasteiger partial charge >= 0.3 is 5.97 Å². The van der Waals surface area contributed by atoms with E-state index in [2.05, 4.69) is 10.6 Å². The molecule has 2 rings (SSSR count). The van der Waals surface area contributed by atoms with E-state index in [1.165, 1.54) is 42.3 Å². The summed E-state index contributed by atoms with van der Waals surface area (Å²) in [5.74, 6) is -1.18. The van der Waals surface area contributed by atoms with E-state index in [0.717, 1.165) is 0 Å². The standard InChI is InChI=1S/C19H18ClN3O5S/c1-29-8-6-15(23-18(25)16-3-2-7-27-16)19(26)28-11-17(24)22-13-5-4-12(10-21)14(20)9-13/h2-5,7,9,15H,6,8,11H2,1H3,(H,22,24)(H,23,25). The fourth-order valence-electron chi connectivity index (χ4n) is 2.24. The van der Waals surface area contributed by atoms with E-state index in [0.29, 0.717) is 17.9 Å². The Labute approximate surface area is 176 Å². The summed E-state index contributed by atoms with van der Waals surface area (Å²) in [6, 6.07) is 8.42. The quantitative estimate of drug-likeness (QED) is 0.580. The Hall–Kier alpha value is -2.96. The van der Waals surface area contributed by atoms with Crippen LogP contribution in [0.4, 0.5) is 5.69 Å². The molecule has 0 aliphatic carbocycles. The van der Waals surface area contributed by atoms with Gasteiger partial charge in [-0.1, -0.05) is 11.6 Å². The zero-order valence-electron chi connectivity index (χ0n) is 15.4.